The predicted octanol–water partition coefficient (Wildman–Crippen LogP) is 4.98. The van der Waals surface area contributed by atoms with Gasteiger partial charge in [0.05, 0.1) is 12.3 Å². The molecule has 0 saturated carbocycles. The SMILES string of the molecule is CCOc1ccccc1Nc1cc(Nc2cc(C)cc(C)c2)ncn1. The van der Waals surface area contributed by atoms with Crippen molar-refractivity contribution in [2.75, 3.05) is 17.2 Å². The van der Waals surface area contributed by atoms with E-state index in [-0.39, 0.29) is 0 Å². The molecule has 2 aromatic carbocycles. The van der Waals surface area contributed by atoms with Crippen LogP contribution >= 0.6 is 0 Å². The Morgan fingerprint density at radius 2 is 1.56 bits per heavy atom. The normalized spacial score (nSPS) is 10.4. The molecule has 2 N–H and O–H groups in total. The van der Waals surface area contributed by atoms with Gasteiger partial charge in [-0.25, -0.2) is 9.97 Å². The lowest BCUT2D eigenvalue weighted by atomic mass is 10.1. The van der Waals surface area contributed by atoms with E-state index in [0.717, 1.165) is 22.9 Å². The van der Waals surface area contributed by atoms with Crippen LogP contribution in [0.15, 0.2) is 54.9 Å². The van der Waals surface area contributed by atoms with E-state index < -0.39 is 0 Å². The summed E-state index contributed by atoms with van der Waals surface area (Å²) >= 11 is 0. The number of nitrogens with one attached hydrogen (secondary N) is 2. The van der Waals surface area contributed by atoms with Crippen molar-refractivity contribution < 1.29 is 4.74 Å². The maximum Gasteiger partial charge on any atom is 0.142 e. The van der Waals surface area contributed by atoms with E-state index in [0.29, 0.717) is 12.4 Å². The zero-order chi connectivity index (χ0) is 17.6. The highest BCUT2D eigenvalue weighted by Gasteiger charge is 2.05. The molecule has 0 aliphatic rings. The molecule has 1 heterocycles. The Morgan fingerprint density at radius 3 is 2.28 bits per heavy atom. The van der Waals surface area contributed by atoms with Crippen LogP contribution in [0.4, 0.5) is 23.0 Å². The molecule has 0 fully saturated rings. The fraction of sp³-hybridized carbons (Fsp3) is 0.200. The number of benzene rings is 2. The number of hydrogen-bond donors (Lipinski definition) is 2. The highest BCUT2D eigenvalue weighted by molar-refractivity contribution is 5.67. The maximum atomic E-state index is 5.64. The summed E-state index contributed by atoms with van der Waals surface area (Å²) in [6.07, 6.45) is 1.54. The molecule has 0 spiro atoms. The van der Waals surface area contributed by atoms with Gasteiger partial charge in [-0.1, -0.05) is 18.2 Å². The molecule has 0 radical (unpaired) electrons. The van der Waals surface area contributed by atoms with E-state index in [1.807, 2.05) is 37.3 Å². The molecule has 0 bridgehead atoms. The second-order valence-electron chi connectivity index (χ2n) is 5.84. The minimum Gasteiger partial charge on any atom is -0.492 e. The summed E-state index contributed by atoms with van der Waals surface area (Å²) in [5.41, 5.74) is 4.30. The predicted molar refractivity (Wildman–Crippen MR) is 102 cm³/mol. The first kappa shape index (κ1) is 16.8. The Morgan fingerprint density at radius 1 is 0.880 bits per heavy atom. The van der Waals surface area contributed by atoms with Gasteiger partial charge in [0, 0.05) is 11.8 Å². The summed E-state index contributed by atoms with van der Waals surface area (Å²) in [7, 11) is 0. The monoisotopic (exact) mass is 334 g/mol. The fourth-order valence-electron chi connectivity index (χ4n) is 2.68. The average molecular weight is 334 g/mol. The van der Waals surface area contributed by atoms with Crippen molar-refractivity contribution in [3.63, 3.8) is 0 Å². The van der Waals surface area contributed by atoms with E-state index in [4.69, 9.17) is 4.74 Å². The number of hydrogen-bond acceptors (Lipinski definition) is 5. The Labute approximate surface area is 148 Å². The first-order valence-electron chi connectivity index (χ1n) is 8.30. The Hall–Kier alpha value is -3.08. The second kappa shape index (κ2) is 7.66. The molecule has 0 atom stereocenters. The Balaban J connectivity index is 1.80. The summed E-state index contributed by atoms with van der Waals surface area (Å²) < 4.78 is 5.64. The van der Waals surface area contributed by atoms with Gasteiger partial charge in [0.2, 0.25) is 0 Å². The third-order valence-electron chi connectivity index (χ3n) is 3.61. The first-order chi connectivity index (χ1) is 12.1. The van der Waals surface area contributed by atoms with Crippen molar-refractivity contribution in [2.24, 2.45) is 0 Å². The van der Waals surface area contributed by atoms with Gasteiger partial charge in [-0.05, 0) is 56.2 Å². The van der Waals surface area contributed by atoms with Gasteiger partial charge in [-0.3, -0.25) is 0 Å². The van der Waals surface area contributed by atoms with E-state index in [1.165, 1.54) is 17.5 Å². The lowest BCUT2D eigenvalue weighted by Crippen LogP contribution is -2.01. The van der Waals surface area contributed by atoms with Crippen LogP contribution in [-0.2, 0) is 0 Å². The minimum absolute atomic E-state index is 0.613. The largest absolute Gasteiger partial charge is 0.492 e. The van der Waals surface area contributed by atoms with Gasteiger partial charge >= 0.3 is 0 Å². The van der Waals surface area contributed by atoms with E-state index in [1.54, 1.807) is 0 Å². The standard InChI is InChI=1S/C20H22N4O/c1-4-25-18-8-6-5-7-17(18)24-20-12-19(21-13-22-20)23-16-10-14(2)9-15(3)11-16/h5-13H,4H2,1-3H3,(H2,21,22,23,24). The molecule has 0 amide bonds. The van der Waals surface area contributed by atoms with Crippen molar-refractivity contribution in [2.45, 2.75) is 20.8 Å². The van der Waals surface area contributed by atoms with Crippen LogP contribution in [0.1, 0.15) is 18.1 Å². The Bertz CT molecular complexity index is 844. The summed E-state index contributed by atoms with van der Waals surface area (Å²) in [5.74, 6) is 2.23. The lowest BCUT2D eigenvalue weighted by molar-refractivity contribution is 0.342. The molecule has 25 heavy (non-hydrogen) atoms. The van der Waals surface area contributed by atoms with Crippen LogP contribution in [0.2, 0.25) is 0 Å². The molecule has 0 aliphatic heterocycles. The summed E-state index contributed by atoms with van der Waals surface area (Å²) in [4.78, 5) is 8.60. The zero-order valence-electron chi connectivity index (χ0n) is 14.7. The molecule has 0 saturated heterocycles. The van der Waals surface area contributed by atoms with E-state index in [2.05, 4.69) is 52.6 Å². The quantitative estimate of drug-likeness (QED) is 0.666. The van der Waals surface area contributed by atoms with E-state index >= 15 is 0 Å². The number of aryl methyl sites for hydroxylation is 2. The second-order valence-corrected chi connectivity index (χ2v) is 5.84. The number of para-hydroxylation sites is 2. The minimum atomic E-state index is 0.613. The van der Waals surface area contributed by atoms with Gasteiger partial charge in [0.15, 0.2) is 0 Å². The van der Waals surface area contributed by atoms with Crippen molar-refractivity contribution in [1.29, 1.82) is 0 Å². The van der Waals surface area contributed by atoms with Crippen molar-refractivity contribution in [1.82, 2.24) is 9.97 Å². The molecule has 1 aromatic heterocycles. The molecule has 128 valence electrons. The summed E-state index contributed by atoms with van der Waals surface area (Å²) in [6.45, 7) is 6.74. The van der Waals surface area contributed by atoms with Crippen LogP contribution in [0.25, 0.3) is 0 Å². The molecule has 0 aliphatic carbocycles. The van der Waals surface area contributed by atoms with Crippen LogP contribution in [0.5, 0.6) is 5.75 Å². The zero-order valence-corrected chi connectivity index (χ0v) is 14.7. The molecule has 0 unspecified atom stereocenters. The smallest absolute Gasteiger partial charge is 0.142 e. The Kier molecular flexibility index (Phi) is 5.14. The van der Waals surface area contributed by atoms with Crippen LogP contribution in [-0.4, -0.2) is 16.6 Å². The third-order valence-corrected chi connectivity index (χ3v) is 3.61. The summed E-state index contributed by atoms with van der Waals surface area (Å²) in [5, 5.41) is 6.62. The number of nitrogens with zero attached hydrogens (tertiary/aromatic N) is 2. The average Bonchev–Trinajstić information content (AvgIpc) is 2.56. The highest BCUT2D eigenvalue weighted by atomic mass is 16.5. The number of ether oxygens (including phenoxy) is 1. The van der Waals surface area contributed by atoms with Gasteiger partial charge in [0.1, 0.15) is 23.7 Å². The molecular weight excluding hydrogens is 312 g/mol. The number of rotatable bonds is 6. The van der Waals surface area contributed by atoms with Crippen molar-refractivity contribution >= 4 is 23.0 Å². The van der Waals surface area contributed by atoms with Crippen LogP contribution in [0.3, 0.4) is 0 Å². The number of aromatic nitrogens is 2. The highest BCUT2D eigenvalue weighted by Crippen LogP contribution is 2.27. The van der Waals surface area contributed by atoms with Gasteiger partial charge in [-0.15, -0.1) is 0 Å². The van der Waals surface area contributed by atoms with Gasteiger partial charge in [-0.2, -0.15) is 0 Å². The lowest BCUT2D eigenvalue weighted by Gasteiger charge is -2.12. The number of anilines is 4. The van der Waals surface area contributed by atoms with E-state index in [9.17, 15) is 0 Å². The van der Waals surface area contributed by atoms with Crippen molar-refractivity contribution in [3.8, 4) is 5.75 Å². The summed E-state index contributed by atoms with van der Waals surface area (Å²) in [6, 6.07) is 16.0. The fourth-order valence-corrected chi connectivity index (χ4v) is 2.68. The van der Waals surface area contributed by atoms with Crippen LogP contribution in [0, 0.1) is 13.8 Å². The third kappa shape index (κ3) is 4.47. The van der Waals surface area contributed by atoms with Crippen LogP contribution < -0.4 is 15.4 Å². The molecule has 3 rings (SSSR count). The van der Waals surface area contributed by atoms with Gasteiger partial charge < -0.3 is 15.4 Å². The molecule has 3 aromatic rings. The van der Waals surface area contributed by atoms with Gasteiger partial charge in [0.25, 0.3) is 0 Å². The molecule has 5 nitrogen and oxygen atoms in total. The molecular formula is C20H22N4O. The topological polar surface area (TPSA) is 59.1 Å². The van der Waals surface area contributed by atoms with Crippen molar-refractivity contribution in [3.05, 3.63) is 66.0 Å². The maximum absolute atomic E-state index is 5.64. The first-order valence-corrected chi connectivity index (χ1v) is 8.30. The molecule has 5 heteroatoms.